The van der Waals surface area contributed by atoms with Crippen LogP contribution in [-0.4, -0.2) is 11.5 Å². The first-order valence-corrected chi connectivity index (χ1v) is 3.29. The molecule has 0 saturated heterocycles. The average Bonchev–Trinajstić information content (AvgIpc) is 1.84. The molecular formula is C6H11OS. The van der Waals surface area contributed by atoms with Gasteiger partial charge in [-0.05, 0) is 5.92 Å². The van der Waals surface area contributed by atoms with Crippen LogP contribution in [0.1, 0.15) is 20.3 Å². The molecule has 8 heavy (non-hydrogen) atoms. The fourth-order valence-corrected chi connectivity index (χ4v) is 0.550. The fourth-order valence-electron chi connectivity index (χ4n) is 0.339. The van der Waals surface area contributed by atoms with Crippen LogP contribution >= 0.6 is 12.6 Å². The van der Waals surface area contributed by atoms with Gasteiger partial charge in [-0.15, -0.1) is 0 Å². The molecule has 0 aromatic heterocycles. The van der Waals surface area contributed by atoms with Crippen LogP contribution in [0, 0.1) is 5.92 Å². The van der Waals surface area contributed by atoms with E-state index < -0.39 is 0 Å². The number of thiol groups is 1. The van der Waals surface area contributed by atoms with Crippen molar-refractivity contribution in [3.05, 3.63) is 0 Å². The van der Waals surface area contributed by atoms with Crippen LogP contribution < -0.4 is 0 Å². The molecular weight excluding hydrogens is 120 g/mol. The van der Waals surface area contributed by atoms with E-state index in [0.717, 1.165) is 6.42 Å². The lowest BCUT2D eigenvalue weighted by molar-refractivity contribution is 0.523. The Balaban J connectivity index is 3.44. The summed E-state index contributed by atoms with van der Waals surface area (Å²) in [5, 5.41) is -0.194. The highest BCUT2D eigenvalue weighted by Gasteiger charge is 2.08. The van der Waals surface area contributed by atoms with Gasteiger partial charge in [0.25, 0.3) is 0 Å². The van der Waals surface area contributed by atoms with Crippen molar-refractivity contribution >= 4 is 18.9 Å². The summed E-state index contributed by atoms with van der Waals surface area (Å²) in [7, 11) is 0. The molecule has 0 aromatic carbocycles. The van der Waals surface area contributed by atoms with E-state index in [1.165, 1.54) is 0 Å². The van der Waals surface area contributed by atoms with Crippen molar-refractivity contribution in [1.29, 1.82) is 0 Å². The third-order valence-corrected chi connectivity index (χ3v) is 1.92. The maximum absolute atomic E-state index is 9.90. The molecule has 0 aliphatic carbocycles. The van der Waals surface area contributed by atoms with Crippen LogP contribution in [0.25, 0.3) is 0 Å². The summed E-state index contributed by atoms with van der Waals surface area (Å²) in [6, 6.07) is 0. The van der Waals surface area contributed by atoms with E-state index in [9.17, 15) is 4.79 Å². The summed E-state index contributed by atoms with van der Waals surface area (Å²) in [5.74, 6) is 0.357. The molecule has 47 valence electrons. The normalized spacial score (nSPS) is 17.4. The van der Waals surface area contributed by atoms with Gasteiger partial charge in [-0.25, -0.2) is 0 Å². The Kier molecular flexibility index (Phi) is 3.97. The van der Waals surface area contributed by atoms with Crippen molar-refractivity contribution in [3.63, 3.8) is 0 Å². The minimum Gasteiger partial charge on any atom is -0.290 e. The largest absolute Gasteiger partial charge is 0.290 e. The Hall–Kier alpha value is 0.0200. The smallest absolute Gasteiger partial charge is 0.212 e. The summed E-state index contributed by atoms with van der Waals surface area (Å²) in [6.07, 6.45) is 2.82. The SMILES string of the molecule is CCC(C)C(S)[C]=O. The summed E-state index contributed by atoms with van der Waals surface area (Å²) in [5.41, 5.74) is 0. The van der Waals surface area contributed by atoms with E-state index in [1.54, 1.807) is 0 Å². The third-order valence-electron chi connectivity index (χ3n) is 1.30. The zero-order valence-corrected chi connectivity index (χ0v) is 6.11. The van der Waals surface area contributed by atoms with E-state index >= 15 is 0 Å². The summed E-state index contributed by atoms with van der Waals surface area (Å²) in [6.45, 7) is 4.02. The van der Waals surface area contributed by atoms with E-state index in [-0.39, 0.29) is 5.25 Å². The maximum atomic E-state index is 9.90. The van der Waals surface area contributed by atoms with E-state index in [2.05, 4.69) is 12.6 Å². The molecule has 0 fully saturated rings. The Bertz CT molecular complexity index is 72.9. The quantitative estimate of drug-likeness (QED) is 0.573. The first-order valence-electron chi connectivity index (χ1n) is 2.78. The number of carbonyl (C=O) groups excluding carboxylic acids is 1. The lowest BCUT2D eigenvalue weighted by Gasteiger charge is -2.07. The van der Waals surface area contributed by atoms with Gasteiger partial charge in [-0.3, -0.25) is 4.79 Å². The first-order chi connectivity index (χ1) is 3.72. The Morgan fingerprint density at radius 1 is 1.75 bits per heavy atom. The van der Waals surface area contributed by atoms with Crippen molar-refractivity contribution < 1.29 is 4.79 Å². The van der Waals surface area contributed by atoms with Gasteiger partial charge in [-0.1, -0.05) is 20.3 Å². The van der Waals surface area contributed by atoms with Gasteiger partial charge in [0, 0.05) is 0 Å². The minimum atomic E-state index is -0.194. The van der Waals surface area contributed by atoms with E-state index in [0.29, 0.717) is 5.92 Å². The Morgan fingerprint density at radius 2 is 2.25 bits per heavy atom. The Morgan fingerprint density at radius 3 is 2.38 bits per heavy atom. The minimum absolute atomic E-state index is 0.194. The highest BCUT2D eigenvalue weighted by molar-refractivity contribution is 7.81. The van der Waals surface area contributed by atoms with Crippen molar-refractivity contribution in [2.24, 2.45) is 5.92 Å². The molecule has 0 N–H and O–H groups in total. The van der Waals surface area contributed by atoms with Crippen LogP contribution in [0.2, 0.25) is 0 Å². The van der Waals surface area contributed by atoms with Gasteiger partial charge in [-0.2, -0.15) is 12.6 Å². The summed E-state index contributed by atoms with van der Waals surface area (Å²) < 4.78 is 0. The van der Waals surface area contributed by atoms with Gasteiger partial charge in [0.1, 0.15) is 0 Å². The average molecular weight is 131 g/mol. The van der Waals surface area contributed by atoms with Crippen LogP contribution in [0.3, 0.4) is 0 Å². The van der Waals surface area contributed by atoms with Crippen LogP contribution in [0.5, 0.6) is 0 Å². The molecule has 0 rings (SSSR count). The molecule has 1 radical (unpaired) electrons. The number of hydrogen-bond donors (Lipinski definition) is 1. The highest BCUT2D eigenvalue weighted by atomic mass is 32.1. The molecule has 2 heteroatoms. The third kappa shape index (κ3) is 2.36. The van der Waals surface area contributed by atoms with Crippen molar-refractivity contribution in [3.8, 4) is 0 Å². The molecule has 2 unspecified atom stereocenters. The summed E-state index contributed by atoms with van der Waals surface area (Å²) >= 11 is 3.98. The summed E-state index contributed by atoms with van der Waals surface area (Å²) in [4.78, 5) is 9.90. The Labute approximate surface area is 55.9 Å². The number of hydrogen-bond acceptors (Lipinski definition) is 2. The monoisotopic (exact) mass is 131 g/mol. The molecule has 0 aromatic rings. The second-order valence-corrected chi connectivity index (χ2v) is 2.50. The lowest BCUT2D eigenvalue weighted by Crippen LogP contribution is -2.10. The maximum Gasteiger partial charge on any atom is 0.212 e. The van der Waals surface area contributed by atoms with Crippen LogP contribution in [-0.2, 0) is 4.79 Å². The van der Waals surface area contributed by atoms with Crippen LogP contribution in [0.15, 0.2) is 0 Å². The highest BCUT2D eigenvalue weighted by Crippen LogP contribution is 2.09. The molecule has 0 bridgehead atoms. The van der Waals surface area contributed by atoms with Gasteiger partial charge >= 0.3 is 0 Å². The molecule has 0 aliphatic heterocycles. The number of rotatable bonds is 3. The lowest BCUT2D eigenvalue weighted by atomic mass is 10.1. The molecule has 0 spiro atoms. The van der Waals surface area contributed by atoms with Gasteiger partial charge < -0.3 is 0 Å². The zero-order chi connectivity index (χ0) is 6.57. The fraction of sp³-hybridized carbons (Fsp3) is 0.833. The molecule has 0 aliphatic rings. The molecule has 2 atom stereocenters. The van der Waals surface area contributed by atoms with Gasteiger partial charge in [0.05, 0.1) is 5.25 Å². The standard InChI is InChI=1S/C6H11OS/c1-3-5(2)6(8)4-7/h5-6,8H,3H2,1-2H3. The zero-order valence-electron chi connectivity index (χ0n) is 5.22. The van der Waals surface area contributed by atoms with Gasteiger partial charge in [0.2, 0.25) is 6.29 Å². The van der Waals surface area contributed by atoms with E-state index in [4.69, 9.17) is 0 Å². The second-order valence-electron chi connectivity index (χ2n) is 1.95. The van der Waals surface area contributed by atoms with Crippen molar-refractivity contribution in [2.75, 3.05) is 0 Å². The topological polar surface area (TPSA) is 17.1 Å². The van der Waals surface area contributed by atoms with Crippen molar-refractivity contribution in [1.82, 2.24) is 0 Å². The second kappa shape index (κ2) is 3.96. The molecule has 1 nitrogen and oxygen atoms in total. The van der Waals surface area contributed by atoms with Gasteiger partial charge in [0.15, 0.2) is 0 Å². The molecule has 0 amide bonds. The first kappa shape index (κ1) is 8.02. The van der Waals surface area contributed by atoms with Crippen molar-refractivity contribution in [2.45, 2.75) is 25.5 Å². The predicted molar refractivity (Wildman–Crippen MR) is 37.9 cm³/mol. The predicted octanol–water partition coefficient (Wildman–Crippen LogP) is 1.44. The van der Waals surface area contributed by atoms with Crippen LogP contribution in [0.4, 0.5) is 0 Å². The molecule has 0 saturated carbocycles. The molecule has 0 heterocycles. The van der Waals surface area contributed by atoms with E-state index in [1.807, 2.05) is 20.1 Å².